The second-order valence-corrected chi connectivity index (χ2v) is 12.3. The van der Waals surface area contributed by atoms with Gasteiger partial charge < -0.3 is 9.13 Å². The molecule has 0 atom stereocenters. The Hall–Kier alpha value is -7.39. The van der Waals surface area contributed by atoms with E-state index in [4.69, 9.17) is 0 Å². The van der Waals surface area contributed by atoms with Crippen molar-refractivity contribution in [2.24, 2.45) is 0 Å². The largest absolute Gasteiger partial charge is 0.309 e. The Morgan fingerprint density at radius 2 is 0.940 bits per heavy atom. The fraction of sp³-hybridized carbons (Fsp3) is 0. The monoisotopic (exact) mass is 635 g/mol. The zero-order valence-electron chi connectivity index (χ0n) is 26.7. The number of nitriles is 3. The molecule has 9 aromatic rings. The summed E-state index contributed by atoms with van der Waals surface area (Å²) in [6.45, 7) is 0. The van der Waals surface area contributed by atoms with Crippen molar-refractivity contribution in [3.05, 3.63) is 168 Å². The molecule has 0 saturated carbocycles. The second-order valence-electron chi connectivity index (χ2n) is 12.3. The Kier molecular flexibility index (Phi) is 6.56. The Labute approximate surface area is 287 Å². The summed E-state index contributed by atoms with van der Waals surface area (Å²) in [7, 11) is 0. The van der Waals surface area contributed by atoms with Gasteiger partial charge in [0, 0.05) is 32.8 Å². The van der Waals surface area contributed by atoms with E-state index in [1.54, 1.807) is 12.1 Å². The zero-order valence-corrected chi connectivity index (χ0v) is 26.7. The van der Waals surface area contributed by atoms with Crippen molar-refractivity contribution >= 4 is 43.6 Å². The van der Waals surface area contributed by atoms with Crippen LogP contribution in [-0.4, -0.2) is 9.13 Å². The van der Waals surface area contributed by atoms with Crippen molar-refractivity contribution in [3.63, 3.8) is 0 Å². The first kappa shape index (κ1) is 28.8. The lowest BCUT2D eigenvalue weighted by Crippen LogP contribution is -2.02. The fourth-order valence-electron chi connectivity index (χ4n) is 7.42. The average molecular weight is 636 g/mol. The number of benzene rings is 7. The molecule has 0 radical (unpaired) electrons. The molecule has 0 aliphatic heterocycles. The Morgan fingerprint density at radius 1 is 0.380 bits per heavy atom. The van der Waals surface area contributed by atoms with E-state index >= 15 is 0 Å². The van der Waals surface area contributed by atoms with Gasteiger partial charge in [-0.2, -0.15) is 15.8 Å². The summed E-state index contributed by atoms with van der Waals surface area (Å²) in [5.74, 6) is 0. The van der Waals surface area contributed by atoms with Gasteiger partial charge in [0.1, 0.15) is 6.07 Å². The van der Waals surface area contributed by atoms with Gasteiger partial charge in [-0.15, -0.1) is 0 Å². The summed E-state index contributed by atoms with van der Waals surface area (Å²) in [4.78, 5) is 0. The number of hydrogen-bond acceptors (Lipinski definition) is 3. The molecule has 0 aliphatic rings. The molecule has 0 unspecified atom stereocenters. The molecule has 0 N–H and O–H groups in total. The molecule has 2 aromatic heterocycles. The summed E-state index contributed by atoms with van der Waals surface area (Å²) in [6.07, 6.45) is 0. The first-order valence-corrected chi connectivity index (χ1v) is 16.3. The third-order valence-electron chi connectivity index (χ3n) is 9.58. The van der Waals surface area contributed by atoms with Crippen LogP contribution < -0.4 is 0 Å². The number of aromatic nitrogens is 2. The zero-order chi connectivity index (χ0) is 33.8. The summed E-state index contributed by atoms with van der Waals surface area (Å²) in [5, 5.41) is 34.6. The summed E-state index contributed by atoms with van der Waals surface area (Å²) in [5.41, 5.74) is 10.9. The van der Waals surface area contributed by atoms with Gasteiger partial charge in [0.05, 0.1) is 56.6 Å². The maximum absolute atomic E-state index is 10.5. The number of para-hydroxylation sites is 3. The van der Waals surface area contributed by atoms with Crippen molar-refractivity contribution in [2.45, 2.75) is 0 Å². The second kappa shape index (κ2) is 11.4. The molecule has 2 heterocycles. The van der Waals surface area contributed by atoms with Crippen LogP contribution in [0.4, 0.5) is 0 Å². The van der Waals surface area contributed by atoms with E-state index < -0.39 is 0 Å². The minimum Gasteiger partial charge on any atom is -0.309 e. The minimum absolute atomic E-state index is 0.393. The molecule has 0 spiro atoms. The normalized spacial score (nSPS) is 11.1. The van der Waals surface area contributed by atoms with E-state index in [2.05, 4.69) is 112 Å². The number of fused-ring (bicyclic) bond motifs is 6. The number of rotatable bonds is 4. The Bertz CT molecular complexity index is 2920. The molecule has 50 heavy (non-hydrogen) atoms. The third-order valence-corrected chi connectivity index (χ3v) is 9.58. The van der Waals surface area contributed by atoms with Crippen LogP contribution in [0.25, 0.3) is 77.2 Å². The molecule has 0 saturated heterocycles. The first-order chi connectivity index (χ1) is 24.7. The van der Waals surface area contributed by atoms with Crippen LogP contribution in [0.5, 0.6) is 0 Å². The van der Waals surface area contributed by atoms with Crippen LogP contribution in [0.3, 0.4) is 0 Å². The molecule has 7 aromatic carbocycles. The van der Waals surface area contributed by atoms with E-state index in [1.807, 2.05) is 54.6 Å². The molecule has 0 aliphatic carbocycles. The van der Waals surface area contributed by atoms with Crippen LogP contribution in [-0.2, 0) is 0 Å². The van der Waals surface area contributed by atoms with Gasteiger partial charge in [0.2, 0.25) is 0 Å². The molecule has 5 heteroatoms. The van der Waals surface area contributed by atoms with Crippen LogP contribution in [0.15, 0.2) is 152 Å². The highest BCUT2D eigenvalue weighted by atomic mass is 15.0. The van der Waals surface area contributed by atoms with Gasteiger partial charge >= 0.3 is 0 Å². The Morgan fingerprint density at radius 3 is 1.60 bits per heavy atom. The summed E-state index contributed by atoms with van der Waals surface area (Å²) < 4.78 is 4.40. The lowest BCUT2D eigenvalue weighted by Gasteiger charge is -2.17. The van der Waals surface area contributed by atoms with E-state index in [9.17, 15) is 15.8 Å². The standard InChI is InChI=1S/C45H25N5/c46-26-29-19-20-44-40(22-29)38-15-3-6-18-43(38)50(44)45-34(28-48)21-30(27-47)23-39(45)33-11-7-9-31(24-33)32-10-8-12-35(25-32)49-41-16-4-1-13-36(41)37-14-2-5-17-42(37)49/h1-25H. The van der Waals surface area contributed by atoms with Gasteiger partial charge in [-0.05, 0) is 83.4 Å². The molecule has 0 bridgehead atoms. The van der Waals surface area contributed by atoms with Gasteiger partial charge in [-0.3, -0.25) is 0 Å². The van der Waals surface area contributed by atoms with Crippen molar-refractivity contribution in [2.75, 3.05) is 0 Å². The summed E-state index contributed by atoms with van der Waals surface area (Å²) in [6, 6.07) is 57.9. The van der Waals surface area contributed by atoms with E-state index in [-0.39, 0.29) is 0 Å². The SMILES string of the molecule is N#Cc1cc(C#N)c(-n2c3ccccc3c3cc(C#N)ccc32)c(-c2cccc(-c3cccc(-n4c5ccccc5c5ccccc54)c3)c2)c1. The number of nitrogens with zero attached hydrogens (tertiary/aromatic N) is 5. The van der Waals surface area contributed by atoms with Crippen molar-refractivity contribution < 1.29 is 0 Å². The first-order valence-electron chi connectivity index (χ1n) is 16.3. The predicted molar refractivity (Wildman–Crippen MR) is 200 cm³/mol. The summed E-state index contributed by atoms with van der Waals surface area (Å²) >= 11 is 0. The fourth-order valence-corrected chi connectivity index (χ4v) is 7.42. The third kappa shape index (κ3) is 4.38. The van der Waals surface area contributed by atoms with Crippen molar-refractivity contribution in [1.29, 1.82) is 15.8 Å². The van der Waals surface area contributed by atoms with Gasteiger partial charge in [0.25, 0.3) is 0 Å². The maximum atomic E-state index is 10.5. The molecule has 5 nitrogen and oxygen atoms in total. The maximum Gasteiger partial charge on any atom is 0.101 e. The smallest absolute Gasteiger partial charge is 0.101 e. The number of hydrogen-bond donors (Lipinski definition) is 0. The molecule has 0 amide bonds. The van der Waals surface area contributed by atoms with Crippen molar-refractivity contribution in [1.82, 2.24) is 9.13 Å². The van der Waals surface area contributed by atoms with E-state index in [1.165, 1.54) is 10.8 Å². The van der Waals surface area contributed by atoms with Gasteiger partial charge in [0.15, 0.2) is 0 Å². The highest BCUT2D eigenvalue weighted by Gasteiger charge is 2.21. The van der Waals surface area contributed by atoms with Crippen LogP contribution >= 0.6 is 0 Å². The van der Waals surface area contributed by atoms with Crippen LogP contribution in [0, 0.1) is 34.0 Å². The quantitative estimate of drug-likeness (QED) is 0.193. The Balaban J connectivity index is 1.26. The van der Waals surface area contributed by atoms with Crippen LogP contribution in [0.1, 0.15) is 16.7 Å². The highest BCUT2D eigenvalue weighted by Crippen LogP contribution is 2.40. The molecule has 0 fully saturated rings. The van der Waals surface area contributed by atoms with E-state index in [0.29, 0.717) is 22.4 Å². The predicted octanol–water partition coefficient (Wildman–Crippen LogP) is 10.8. The molecular formula is C45H25N5. The van der Waals surface area contributed by atoms with E-state index in [0.717, 1.165) is 60.8 Å². The minimum atomic E-state index is 0.393. The van der Waals surface area contributed by atoms with Gasteiger partial charge in [-0.1, -0.05) is 84.9 Å². The molecule has 230 valence electrons. The molecule has 9 rings (SSSR count). The van der Waals surface area contributed by atoms with Crippen LogP contribution in [0.2, 0.25) is 0 Å². The topological polar surface area (TPSA) is 81.2 Å². The van der Waals surface area contributed by atoms with Gasteiger partial charge in [-0.25, -0.2) is 0 Å². The van der Waals surface area contributed by atoms with Crippen molar-refractivity contribution in [3.8, 4) is 51.8 Å². The average Bonchev–Trinajstić information content (AvgIpc) is 3.70. The lowest BCUT2D eigenvalue weighted by molar-refractivity contribution is 1.17. The highest BCUT2D eigenvalue weighted by molar-refractivity contribution is 6.11. The lowest BCUT2D eigenvalue weighted by atomic mass is 9.94. The molecular weight excluding hydrogens is 611 g/mol.